The predicted octanol–water partition coefficient (Wildman–Crippen LogP) is -1.96. The summed E-state index contributed by atoms with van der Waals surface area (Å²) in [5, 5.41) is 0. The summed E-state index contributed by atoms with van der Waals surface area (Å²) in [7, 11) is 2.35. The zero-order chi connectivity index (χ0) is 7.47. The summed E-state index contributed by atoms with van der Waals surface area (Å²) in [6, 6.07) is 0. The van der Waals surface area contributed by atoms with Gasteiger partial charge in [0.1, 0.15) is 20.0 Å². The van der Waals surface area contributed by atoms with Crippen molar-refractivity contribution < 1.29 is 4.39 Å². The highest BCUT2D eigenvalue weighted by Gasteiger charge is 2.44. The second kappa shape index (κ2) is 1.80. The van der Waals surface area contributed by atoms with Crippen LogP contribution < -0.4 is 0 Å². The van der Waals surface area contributed by atoms with Crippen LogP contribution in [0.1, 0.15) is 0 Å². The van der Waals surface area contributed by atoms with Crippen LogP contribution in [-0.2, 0) is 0 Å². The van der Waals surface area contributed by atoms with E-state index in [1.54, 1.807) is 0 Å². The monoisotopic (exact) mass is 153 g/mol. The van der Waals surface area contributed by atoms with Gasteiger partial charge in [0.2, 0.25) is 0 Å². The maximum absolute atomic E-state index is 2.52. The molecule has 5 heteroatoms. The molecule has 0 aromatic carbocycles. The molecular weight excluding hydrogens is 139 g/mol. The molecule has 4 aliphatic heterocycles. The van der Waals surface area contributed by atoms with E-state index in [2.05, 4.69) is 22.7 Å². The quantitative estimate of drug-likeness (QED) is 0.374. The second-order valence-electron chi connectivity index (χ2n) is 4.48. The Morgan fingerprint density at radius 2 is 1.18 bits per heavy atom. The van der Waals surface area contributed by atoms with Gasteiger partial charge < -0.3 is 4.39 Å². The van der Waals surface area contributed by atoms with Gasteiger partial charge in [-0.15, -0.1) is 0 Å². The predicted molar refractivity (Wildman–Crippen MR) is 43.5 cm³/mol. The molecule has 0 unspecified atom stereocenters. The van der Waals surface area contributed by atoms with Crippen LogP contribution in [0, 0.1) is 0 Å². The van der Waals surface area contributed by atoms with Gasteiger partial charge in [0, 0.05) is 0 Å². The van der Waals surface area contributed by atoms with Crippen molar-refractivity contribution in [1.29, 1.82) is 0 Å². The number of rotatable bonds is 0. The molecule has 4 fully saturated rings. The fourth-order valence-corrected chi connectivity index (χ4v) is 2.83. The van der Waals surface area contributed by atoms with Crippen molar-refractivity contribution in [3.05, 3.63) is 0 Å². The van der Waals surface area contributed by atoms with Crippen molar-refractivity contribution in [3.8, 4) is 0 Å². The molecule has 0 radical (unpaired) electrons. The minimum absolute atomic E-state index is 1.20. The van der Waals surface area contributed by atoms with Gasteiger partial charge in [-0.05, 0) is 0 Å². The van der Waals surface area contributed by atoms with E-state index < -0.39 is 0 Å². The Labute approximate surface area is 68.0 Å². The molecule has 0 N–H and O–H groups in total. The van der Waals surface area contributed by atoms with E-state index in [1.165, 1.54) is 44.4 Å². The third-order valence-corrected chi connectivity index (χ3v) is 2.82. The molecule has 0 aromatic rings. The zero-order valence-electron chi connectivity index (χ0n) is 7.03. The lowest BCUT2D eigenvalue weighted by Gasteiger charge is -2.60. The maximum atomic E-state index is 2.52. The standard InChI is InChI=1S/C6H14BN4/c7-11-4-8-1-9(5-11)3-10(2-8)6-11/h1-7H2/q+1. The van der Waals surface area contributed by atoms with Crippen molar-refractivity contribution >= 4 is 7.98 Å². The molecular formula is C6H14BN4+. The number of hydrogen-bond donors (Lipinski definition) is 0. The summed E-state index contributed by atoms with van der Waals surface area (Å²) in [6.45, 7) is 7.37. The van der Waals surface area contributed by atoms with Gasteiger partial charge >= 0.3 is 7.98 Å². The Morgan fingerprint density at radius 1 is 0.818 bits per heavy atom. The molecule has 0 atom stereocenters. The second-order valence-corrected chi connectivity index (χ2v) is 4.48. The third kappa shape index (κ3) is 0.855. The lowest BCUT2D eigenvalue weighted by molar-refractivity contribution is -0.883. The van der Waals surface area contributed by atoms with Crippen LogP contribution >= 0.6 is 0 Å². The first-order valence-electron chi connectivity index (χ1n) is 4.24. The van der Waals surface area contributed by atoms with Crippen molar-refractivity contribution in [2.24, 2.45) is 0 Å². The van der Waals surface area contributed by atoms with Crippen LogP contribution in [0.5, 0.6) is 0 Å². The molecule has 4 heterocycles. The van der Waals surface area contributed by atoms with E-state index in [9.17, 15) is 0 Å². The van der Waals surface area contributed by atoms with Crippen LogP contribution in [0.4, 0.5) is 0 Å². The molecule has 60 valence electrons. The molecule has 0 spiro atoms. The van der Waals surface area contributed by atoms with Crippen LogP contribution in [0.25, 0.3) is 0 Å². The SMILES string of the molecule is B[N+]12CN3CN(CN(C3)C1)C2. The van der Waals surface area contributed by atoms with E-state index in [4.69, 9.17) is 0 Å². The van der Waals surface area contributed by atoms with E-state index >= 15 is 0 Å². The van der Waals surface area contributed by atoms with Gasteiger partial charge in [-0.2, -0.15) is 0 Å². The van der Waals surface area contributed by atoms with Crippen LogP contribution in [0.15, 0.2) is 0 Å². The first-order chi connectivity index (χ1) is 5.23. The zero-order valence-corrected chi connectivity index (χ0v) is 7.03. The van der Waals surface area contributed by atoms with Crippen molar-refractivity contribution in [2.75, 3.05) is 40.0 Å². The smallest absolute Gasteiger partial charge is 0.362 e. The molecule has 0 amide bonds. The molecule has 0 saturated carbocycles. The fourth-order valence-electron chi connectivity index (χ4n) is 2.83. The lowest BCUT2D eigenvalue weighted by Crippen LogP contribution is -2.78. The van der Waals surface area contributed by atoms with Crippen LogP contribution in [0.2, 0.25) is 0 Å². The largest absolute Gasteiger partial charge is 0.376 e. The summed E-state index contributed by atoms with van der Waals surface area (Å²) >= 11 is 0. The number of quaternary nitrogens is 1. The number of nitrogens with zero attached hydrogens (tertiary/aromatic N) is 4. The molecule has 11 heavy (non-hydrogen) atoms. The van der Waals surface area contributed by atoms with Crippen LogP contribution in [0.3, 0.4) is 0 Å². The normalized spacial score (nSPS) is 60.2. The van der Waals surface area contributed by atoms with Crippen molar-refractivity contribution in [3.63, 3.8) is 0 Å². The summed E-state index contributed by atoms with van der Waals surface area (Å²) in [5.74, 6) is 0. The third-order valence-electron chi connectivity index (χ3n) is 2.82. The highest BCUT2D eigenvalue weighted by Crippen LogP contribution is 2.25. The minimum atomic E-state index is 1.20. The van der Waals surface area contributed by atoms with E-state index in [-0.39, 0.29) is 0 Å². The Bertz CT molecular complexity index is 160. The summed E-state index contributed by atoms with van der Waals surface area (Å²) in [5.41, 5.74) is 0. The Balaban J connectivity index is 1.94. The van der Waals surface area contributed by atoms with Crippen LogP contribution in [-0.4, -0.2) is 67.1 Å². The fraction of sp³-hybridized carbons (Fsp3) is 1.00. The first kappa shape index (κ1) is 6.42. The van der Waals surface area contributed by atoms with E-state index in [0.29, 0.717) is 0 Å². The average molecular weight is 153 g/mol. The topological polar surface area (TPSA) is 9.72 Å². The van der Waals surface area contributed by atoms with Crippen molar-refractivity contribution in [1.82, 2.24) is 14.7 Å². The Morgan fingerprint density at radius 3 is 1.45 bits per heavy atom. The van der Waals surface area contributed by atoms with Crippen molar-refractivity contribution in [2.45, 2.75) is 0 Å². The minimum Gasteiger partial charge on any atom is -0.362 e. The highest BCUT2D eigenvalue weighted by molar-refractivity contribution is 5.97. The van der Waals surface area contributed by atoms with E-state index in [1.807, 2.05) is 0 Å². The van der Waals surface area contributed by atoms with Gasteiger partial charge in [-0.25, -0.2) is 14.7 Å². The molecule has 0 aliphatic carbocycles. The maximum Gasteiger partial charge on any atom is 0.376 e. The Kier molecular flexibility index (Phi) is 1.05. The first-order valence-corrected chi connectivity index (χ1v) is 4.24. The van der Waals surface area contributed by atoms with Gasteiger partial charge in [0.05, 0.1) is 20.0 Å². The molecule has 4 bridgehead atoms. The molecule has 4 aliphatic rings. The van der Waals surface area contributed by atoms with Gasteiger partial charge in [0.25, 0.3) is 0 Å². The highest BCUT2D eigenvalue weighted by atomic mass is 15.7. The molecule has 4 saturated heterocycles. The Hall–Kier alpha value is -0.0951. The van der Waals surface area contributed by atoms with E-state index in [0.717, 1.165) is 0 Å². The van der Waals surface area contributed by atoms with Gasteiger partial charge in [-0.3, -0.25) is 0 Å². The average Bonchev–Trinajstić information content (AvgIpc) is 1.79. The number of hydrogen-bond acceptors (Lipinski definition) is 3. The summed E-state index contributed by atoms with van der Waals surface area (Å²) in [6.07, 6.45) is 0. The summed E-state index contributed by atoms with van der Waals surface area (Å²) < 4.78 is 1.21. The van der Waals surface area contributed by atoms with Gasteiger partial charge in [0.15, 0.2) is 0 Å². The molecule has 4 rings (SSSR count). The molecule has 4 nitrogen and oxygen atoms in total. The lowest BCUT2D eigenvalue weighted by atomic mass is 10.2. The van der Waals surface area contributed by atoms with Gasteiger partial charge in [-0.1, -0.05) is 0 Å². The summed E-state index contributed by atoms with van der Waals surface area (Å²) in [4.78, 5) is 7.57. The molecule has 0 aromatic heterocycles.